The second-order valence-electron chi connectivity index (χ2n) is 8.54. The summed E-state index contributed by atoms with van der Waals surface area (Å²) in [6.45, 7) is 3.00. The third kappa shape index (κ3) is 5.07. The fraction of sp³-hybridized carbons (Fsp3) is 0.292. The zero-order valence-electron chi connectivity index (χ0n) is 18.7. The van der Waals surface area contributed by atoms with Gasteiger partial charge in [-0.2, -0.15) is 4.98 Å². The van der Waals surface area contributed by atoms with Gasteiger partial charge in [0.05, 0.1) is 26.7 Å². The van der Waals surface area contributed by atoms with E-state index in [-0.39, 0.29) is 5.69 Å². The van der Waals surface area contributed by atoms with Gasteiger partial charge in [0.25, 0.3) is 5.69 Å². The van der Waals surface area contributed by atoms with Gasteiger partial charge < -0.3 is 15.2 Å². The molecule has 2 aromatic carbocycles. The molecule has 1 aliphatic rings. The Morgan fingerprint density at radius 1 is 1.17 bits per heavy atom. The van der Waals surface area contributed by atoms with Crippen LogP contribution in [0.1, 0.15) is 18.4 Å². The zero-order chi connectivity index (χ0) is 24.4. The lowest BCUT2D eigenvalue weighted by Gasteiger charge is -2.24. The van der Waals surface area contributed by atoms with E-state index in [0.717, 1.165) is 31.5 Å². The van der Waals surface area contributed by atoms with Gasteiger partial charge in [-0.3, -0.25) is 10.1 Å². The summed E-state index contributed by atoms with van der Waals surface area (Å²) >= 11 is 13.1. The SMILES string of the molecule is O=[N+]([O-])c1cccc(CNc2ncc3nc(-c4c(Cl)cccc4Cl)n(C[C@@H]4CCCNC4)c3n2)c1. The molecule has 0 amide bonds. The van der Waals surface area contributed by atoms with E-state index in [1.165, 1.54) is 12.1 Å². The van der Waals surface area contributed by atoms with Crippen molar-refractivity contribution in [1.82, 2.24) is 24.8 Å². The van der Waals surface area contributed by atoms with Crippen molar-refractivity contribution in [3.05, 3.63) is 74.4 Å². The molecule has 3 heterocycles. The van der Waals surface area contributed by atoms with Gasteiger partial charge in [0.2, 0.25) is 5.95 Å². The van der Waals surface area contributed by atoms with Crippen LogP contribution < -0.4 is 10.6 Å². The minimum Gasteiger partial charge on any atom is -0.350 e. The molecule has 4 aromatic rings. The van der Waals surface area contributed by atoms with E-state index in [2.05, 4.69) is 20.2 Å². The highest BCUT2D eigenvalue weighted by atomic mass is 35.5. The third-order valence-corrected chi connectivity index (χ3v) is 6.72. The molecular weight excluding hydrogens is 489 g/mol. The number of rotatable bonds is 7. The van der Waals surface area contributed by atoms with Crippen LogP contribution in [0.5, 0.6) is 0 Å². The summed E-state index contributed by atoms with van der Waals surface area (Å²) in [5, 5.41) is 18.7. The first-order chi connectivity index (χ1) is 17.0. The molecular formula is C24H23Cl2N7O2. The second-order valence-corrected chi connectivity index (χ2v) is 9.35. The molecule has 35 heavy (non-hydrogen) atoms. The molecule has 0 bridgehead atoms. The van der Waals surface area contributed by atoms with Gasteiger partial charge in [-0.25, -0.2) is 9.97 Å². The summed E-state index contributed by atoms with van der Waals surface area (Å²) in [4.78, 5) is 24.6. The predicted molar refractivity (Wildman–Crippen MR) is 137 cm³/mol. The number of imidazole rings is 1. The van der Waals surface area contributed by atoms with Crippen LogP contribution in [0.25, 0.3) is 22.6 Å². The quantitative estimate of drug-likeness (QED) is 0.255. The number of hydrogen-bond acceptors (Lipinski definition) is 7. The highest BCUT2D eigenvalue weighted by Crippen LogP contribution is 2.36. The molecule has 0 aliphatic carbocycles. The first kappa shape index (κ1) is 23.5. The Hall–Kier alpha value is -3.27. The number of halogens is 2. The van der Waals surface area contributed by atoms with Crippen molar-refractivity contribution in [3.8, 4) is 11.4 Å². The lowest BCUT2D eigenvalue weighted by atomic mass is 9.99. The Bertz CT molecular complexity index is 1370. The molecule has 1 atom stereocenters. The number of piperidine rings is 1. The van der Waals surface area contributed by atoms with Gasteiger partial charge in [-0.15, -0.1) is 0 Å². The van der Waals surface area contributed by atoms with E-state index in [1.54, 1.807) is 24.4 Å². The van der Waals surface area contributed by atoms with E-state index in [9.17, 15) is 10.1 Å². The maximum atomic E-state index is 11.1. The van der Waals surface area contributed by atoms with Gasteiger partial charge in [-0.05, 0) is 49.5 Å². The van der Waals surface area contributed by atoms with Crippen molar-refractivity contribution in [3.63, 3.8) is 0 Å². The van der Waals surface area contributed by atoms with Crippen LogP contribution in [0.4, 0.5) is 11.6 Å². The van der Waals surface area contributed by atoms with E-state index in [0.29, 0.717) is 57.6 Å². The van der Waals surface area contributed by atoms with Gasteiger partial charge in [0, 0.05) is 25.2 Å². The molecule has 0 saturated carbocycles. The normalized spacial score (nSPS) is 15.9. The number of fused-ring (bicyclic) bond motifs is 1. The molecule has 0 radical (unpaired) electrons. The number of hydrogen-bond donors (Lipinski definition) is 2. The molecule has 9 nitrogen and oxygen atoms in total. The summed E-state index contributed by atoms with van der Waals surface area (Å²) in [7, 11) is 0. The molecule has 0 spiro atoms. The monoisotopic (exact) mass is 511 g/mol. The summed E-state index contributed by atoms with van der Waals surface area (Å²) < 4.78 is 2.07. The molecule has 1 saturated heterocycles. The zero-order valence-corrected chi connectivity index (χ0v) is 20.3. The Labute approximate surface area is 211 Å². The molecule has 180 valence electrons. The Balaban J connectivity index is 1.51. The molecule has 11 heteroatoms. The summed E-state index contributed by atoms with van der Waals surface area (Å²) in [6.07, 6.45) is 3.89. The lowest BCUT2D eigenvalue weighted by molar-refractivity contribution is -0.384. The number of nitro groups is 1. The number of nitro benzene ring substituents is 1. The molecule has 2 N–H and O–H groups in total. The molecule has 2 aromatic heterocycles. The van der Waals surface area contributed by atoms with Crippen LogP contribution in [-0.4, -0.2) is 37.5 Å². The van der Waals surface area contributed by atoms with Crippen molar-refractivity contribution < 1.29 is 4.92 Å². The van der Waals surface area contributed by atoms with Crippen LogP contribution >= 0.6 is 23.2 Å². The van der Waals surface area contributed by atoms with Crippen LogP contribution in [0, 0.1) is 16.0 Å². The average molecular weight is 512 g/mol. The second kappa shape index (κ2) is 10.2. The minimum atomic E-state index is -0.411. The largest absolute Gasteiger partial charge is 0.350 e. The summed E-state index contributed by atoms with van der Waals surface area (Å²) in [6, 6.07) is 11.9. The van der Waals surface area contributed by atoms with Crippen LogP contribution in [0.2, 0.25) is 10.0 Å². The fourth-order valence-corrected chi connectivity index (χ4v) is 4.94. The van der Waals surface area contributed by atoms with Crippen molar-refractivity contribution >= 4 is 46.0 Å². The predicted octanol–water partition coefficient (Wildman–Crippen LogP) is 5.32. The standard InChI is InChI=1S/C24H23Cl2N7O2/c25-18-7-2-8-19(26)21(18)23-30-20-13-29-24(28-12-15-4-1-6-17(10-15)33(34)35)31-22(20)32(23)14-16-5-3-9-27-11-16/h1-2,4,6-8,10,13,16,27H,3,5,9,11-12,14H2,(H,28,29,31)/t16-/m1/s1. The van der Waals surface area contributed by atoms with E-state index in [1.807, 2.05) is 12.1 Å². The Morgan fingerprint density at radius 3 is 2.71 bits per heavy atom. The van der Waals surface area contributed by atoms with Crippen LogP contribution in [-0.2, 0) is 13.1 Å². The van der Waals surface area contributed by atoms with Gasteiger partial charge in [0.15, 0.2) is 5.65 Å². The first-order valence-electron chi connectivity index (χ1n) is 11.3. The summed E-state index contributed by atoms with van der Waals surface area (Å²) in [5.74, 6) is 1.48. The Kier molecular flexibility index (Phi) is 6.81. The highest BCUT2D eigenvalue weighted by molar-refractivity contribution is 6.39. The molecule has 0 unspecified atom stereocenters. The van der Waals surface area contributed by atoms with Crippen LogP contribution in [0.15, 0.2) is 48.7 Å². The highest BCUT2D eigenvalue weighted by Gasteiger charge is 2.23. The molecule has 1 fully saturated rings. The van der Waals surface area contributed by atoms with Crippen molar-refractivity contribution in [1.29, 1.82) is 0 Å². The molecule has 1 aliphatic heterocycles. The lowest BCUT2D eigenvalue weighted by Crippen LogP contribution is -2.32. The number of non-ortho nitro benzene ring substituents is 1. The number of nitrogens with one attached hydrogen (secondary N) is 2. The van der Waals surface area contributed by atoms with Gasteiger partial charge in [-0.1, -0.05) is 41.4 Å². The minimum absolute atomic E-state index is 0.0427. The van der Waals surface area contributed by atoms with Gasteiger partial charge in [0.1, 0.15) is 11.3 Å². The maximum Gasteiger partial charge on any atom is 0.269 e. The first-order valence-corrected chi connectivity index (χ1v) is 12.1. The number of nitrogens with zero attached hydrogens (tertiary/aromatic N) is 5. The fourth-order valence-electron chi connectivity index (χ4n) is 4.38. The molecule has 5 rings (SSSR count). The van der Waals surface area contributed by atoms with Crippen molar-refractivity contribution in [2.24, 2.45) is 5.92 Å². The Morgan fingerprint density at radius 2 is 1.97 bits per heavy atom. The smallest absolute Gasteiger partial charge is 0.269 e. The van der Waals surface area contributed by atoms with E-state index >= 15 is 0 Å². The maximum absolute atomic E-state index is 11.1. The summed E-state index contributed by atoms with van der Waals surface area (Å²) in [5.41, 5.74) is 2.79. The van der Waals surface area contributed by atoms with E-state index in [4.69, 9.17) is 33.2 Å². The van der Waals surface area contributed by atoms with Crippen LogP contribution in [0.3, 0.4) is 0 Å². The number of benzene rings is 2. The number of aromatic nitrogens is 4. The third-order valence-electron chi connectivity index (χ3n) is 6.09. The average Bonchev–Trinajstić information content (AvgIpc) is 3.20. The van der Waals surface area contributed by atoms with Crippen molar-refractivity contribution in [2.45, 2.75) is 25.9 Å². The topological polar surface area (TPSA) is 111 Å². The number of anilines is 1. The van der Waals surface area contributed by atoms with E-state index < -0.39 is 4.92 Å². The van der Waals surface area contributed by atoms with Gasteiger partial charge >= 0.3 is 0 Å². The van der Waals surface area contributed by atoms with Crippen molar-refractivity contribution in [2.75, 3.05) is 18.4 Å².